The highest BCUT2D eigenvalue weighted by molar-refractivity contribution is 5.50. The third kappa shape index (κ3) is 3.11. The molecule has 0 aliphatic carbocycles. The van der Waals surface area contributed by atoms with Gasteiger partial charge in [-0.05, 0) is 54.2 Å². The molecule has 0 spiro atoms. The SMILES string of the molecule is COc1cc2c(cc1OC)[C@@H](C(C)C)N[C@@H](c1ccc(C)cn1)C2. The molecule has 2 atom stereocenters. The van der Waals surface area contributed by atoms with Gasteiger partial charge in [-0.15, -0.1) is 0 Å². The van der Waals surface area contributed by atoms with E-state index in [1.165, 1.54) is 16.7 Å². The summed E-state index contributed by atoms with van der Waals surface area (Å²) in [5.41, 5.74) is 4.87. The van der Waals surface area contributed by atoms with E-state index in [1.54, 1.807) is 14.2 Å². The molecule has 0 fully saturated rings. The Balaban J connectivity index is 2.02. The zero-order valence-electron chi connectivity index (χ0n) is 15.1. The quantitative estimate of drug-likeness (QED) is 0.922. The molecule has 1 aliphatic rings. The van der Waals surface area contributed by atoms with Gasteiger partial charge in [-0.1, -0.05) is 19.9 Å². The molecule has 4 nitrogen and oxygen atoms in total. The molecule has 0 saturated carbocycles. The van der Waals surface area contributed by atoms with Crippen LogP contribution in [0.5, 0.6) is 11.5 Å². The van der Waals surface area contributed by atoms with Crippen molar-refractivity contribution in [3.63, 3.8) is 0 Å². The number of methoxy groups -OCH3 is 2. The fourth-order valence-electron chi connectivity index (χ4n) is 3.42. The van der Waals surface area contributed by atoms with Crippen molar-refractivity contribution in [1.82, 2.24) is 10.3 Å². The first-order valence-corrected chi connectivity index (χ1v) is 8.47. The Morgan fingerprint density at radius 2 is 1.83 bits per heavy atom. The molecule has 2 heterocycles. The lowest BCUT2D eigenvalue weighted by atomic mass is 9.83. The first-order valence-electron chi connectivity index (χ1n) is 8.47. The van der Waals surface area contributed by atoms with Gasteiger partial charge in [0.2, 0.25) is 0 Å². The molecule has 2 aromatic rings. The number of fused-ring (bicyclic) bond motifs is 1. The summed E-state index contributed by atoms with van der Waals surface area (Å²) in [5.74, 6) is 2.04. The number of aryl methyl sites for hydroxylation is 1. The van der Waals surface area contributed by atoms with E-state index in [2.05, 4.69) is 55.3 Å². The molecule has 1 aliphatic heterocycles. The van der Waals surface area contributed by atoms with Gasteiger partial charge in [0.1, 0.15) is 0 Å². The highest BCUT2D eigenvalue weighted by Gasteiger charge is 2.31. The largest absolute Gasteiger partial charge is 0.493 e. The van der Waals surface area contributed by atoms with Crippen LogP contribution in [0.3, 0.4) is 0 Å². The minimum absolute atomic E-state index is 0.212. The number of hydrogen-bond donors (Lipinski definition) is 1. The topological polar surface area (TPSA) is 43.4 Å². The van der Waals surface area contributed by atoms with Crippen LogP contribution in [-0.2, 0) is 6.42 Å². The molecule has 3 rings (SSSR count). The van der Waals surface area contributed by atoms with E-state index < -0.39 is 0 Å². The Morgan fingerprint density at radius 1 is 1.12 bits per heavy atom. The summed E-state index contributed by atoms with van der Waals surface area (Å²) in [4.78, 5) is 4.63. The summed E-state index contributed by atoms with van der Waals surface area (Å²) in [6.45, 7) is 6.54. The highest BCUT2D eigenvalue weighted by Crippen LogP contribution is 2.41. The van der Waals surface area contributed by atoms with Crippen LogP contribution >= 0.6 is 0 Å². The molecule has 24 heavy (non-hydrogen) atoms. The lowest BCUT2D eigenvalue weighted by molar-refractivity contribution is 0.323. The first kappa shape index (κ1) is 16.8. The minimum Gasteiger partial charge on any atom is -0.493 e. The smallest absolute Gasteiger partial charge is 0.161 e. The molecule has 128 valence electrons. The summed E-state index contributed by atoms with van der Waals surface area (Å²) < 4.78 is 11.0. The van der Waals surface area contributed by atoms with Gasteiger partial charge in [0, 0.05) is 12.2 Å². The lowest BCUT2D eigenvalue weighted by Gasteiger charge is -2.36. The molecule has 0 amide bonds. The van der Waals surface area contributed by atoms with Gasteiger partial charge >= 0.3 is 0 Å². The van der Waals surface area contributed by atoms with Crippen molar-refractivity contribution in [1.29, 1.82) is 0 Å². The third-order valence-corrected chi connectivity index (χ3v) is 4.74. The summed E-state index contributed by atoms with van der Waals surface area (Å²) in [5, 5.41) is 3.77. The van der Waals surface area contributed by atoms with Crippen LogP contribution in [0.1, 0.15) is 48.3 Å². The Morgan fingerprint density at radius 3 is 2.42 bits per heavy atom. The van der Waals surface area contributed by atoms with Crippen LogP contribution in [0.25, 0.3) is 0 Å². The van der Waals surface area contributed by atoms with Crippen LogP contribution in [0, 0.1) is 12.8 Å². The molecular weight excluding hydrogens is 300 g/mol. The minimum atomic E-state index is 0.212. The molecule has 0 bridgehead atoms. The van der Waals surface area contributed by atoms with Crippen LogP contribution in [0.15, 0.2) is 30.5 Å². The van der Waals surface area contributed by atoms with Crippen LogP contribution < -0.4 is 14.8 Å². The molecule has 0 unspecified atom stereocenters. The maximum atomic E-state index is 5.49. The lowest BCUT2D eigenvalue weighted by Crippen LogP contribution is -2.36. The van der Waals surface area contributed by atoms with Gasteiger partial charge < -0.3 is 14.8 Å². The van der Waals surface area contributed by atoms with E-state index >= 15 is 0 Å². The van der Waals surface area contributed by atoms with Gasteiger partial charge in [0.15, 0.2) is 11.5 Å². The van der Waals surface area contributed by atoms with Crippen molar-refractivity contribution < 1.29 is 9.47 Å². The number of nitrogens with one attached hydrogen (secondary N) is 1. The predicted molar refractivity (Wildman–Crippen MR) is 95.7 cm³/mol. The van der Waals surface area contributed by atoms with Crippen LogP contribution in [0.4, 0.5) is 0 Å². The second-order valence-corrected chi connectivity index (χ2v) is 6.81. The van der Waals surface area contributed by atoms with Gasteiger partial charge in [-0.3, -0.25) is 4.98 Å². The van der Waals surface area contributed by atoms with Crippen LogP contribution in [-0.4, -0.2) is 19.2 Å². The average molecular weight is 326 g/mol. The normalized spacial score (nSPS) is 19.9. The third-order valence-electron chi connectivity index (χ3n) is 4.74. The summed E-state index contributed by atoms with van der Waals surface area (Å²) in [6.07, 6.45) is 2.83. The molecule has 1 aromatic heterocycles. The Kier molecular flexibility index (Phi) is 4.76. The Bertz CT molecular complexity index is 710. The second kappa shape index (κ2) is 6.81. The van der Waals surface area contributed by atoms with Crippen molar-refractivity contribution in [3.8, 4) is 11.5 Å². The second-order valence-electron chi connectivity index (χ2n) is 6.81. The number of pyridine rings is 1. The molecule has 0 radical (unpaired) electrons. The molecule has 1 N–H and O–H groups in total. The van der Waals surface area contributed by atoms with Gasteiger partial charge in [-0.25, -0.2) is 0 Å². The number of rotatable bonds is 4. The van der Waals surface area contributed by atoms with Crippen molar-refractivity contribution in [2.24, 2.45) is 5.92 Å². The van der Waals surface area contributed by atoms with Crippen LogP contribution in [0.2, 0.25) is 0 Å². The molecule has 0 saturated heterocycles. The fraction of sp³-hybridized carbons (Fsp3) is 0.450. The monoisotopic (exact) mass is 326 g/mol. The average Bonchev–Trinajstić information content (AvgIpc) is 2.59. The molecule has 1 aromatic carbocycles. The van der Waals surface area contributed by atoms with Gasteiger partial charge in [0.05, 0.1) is 26.0 Å². The number of aromatic nitrogens is 1. The Labute approximate surface area is 144 Å². The zero-order valence-corrected chi connectivity index (χ0v) is 15.1. The van der Waals surface area contributed by atoms with E-state index in [9.17, 15) is 0 Å². The number of nitrogens with zero attached hydrogens (tertiary/aromatic N) is 1. The summed E-state index contributed by atoms with van der Waals surface area (Å²) >= 11 is 0. The predicted octanol–water partition coefficient (Wildman–Crippen LogP) is 3.99. The van der Waals surface area contributed by atoms with Crippen molar-refractivity contribution in [3.05, 3.63) is 52.8 Å². The van der Waals surface area contributed by atoms with Crippen molar-refractivity contribution in [2.75, 3.05) is 14.2 Å². The first-order chi connectivity index (χ1) is 11.5. The number of ether oxygens (including phenoxy) is 2. The molecular formula is C20H26N2O2. The van der Waals surface area contributed by atoms with E-state index in [1.807, 2.05) is 6.20 Å². The van der Waals surface area contributed by atoms with E-state index in [4.69, 9.17) is 9.47 Å². The number of hydrogen-bond acceptors (Lipinski definition) is 4. The maximum Gasteiger partial charge on any atom is 0.161 e. The summed E-state index contributed by atoms with van der Waals surface area (Å²) in [6, 6.07) is 8.95. The van der Waals surface area contributed by atoms with Crippen molar-refractivity contribution in [2.45, 2.75) is 39.3 Å². The highest BCUT2D eigenvalue weighted by atomic mass is 16.5. The summed E-state index contributed by atoms with van der Waals surface area (Å²) in [7, 11) is 3.37. The van der Waals surface area contributed by atoms with Crippen molar-refractivity contribution >= 4 is 0 Å². The van der Waals surface area contributed by atoms with E-state index in [0.717, 1.165) is 23.6 Å². The van der Waals surface area contributed by atoms with Gasteiger partial charge in [0.25, 0.3) is 0 Å². The maximum absolute atomic E-state index is 5.49. The van der Waals surface area contributed by atoms with E-state index in [-0.39, 0.29) is 12.1 Å². The molecule has 4 heteroatoms. The van der Waals surface area contributed by atoms with E-state index in [0.29, 0.717) is 5.92 Å². The van der Waals surface area contributed by atoms with Gasteiger partial charge in [-0.2, -0.15) is 0 Å². The standard InChI is InChI=1S/C20H26N2O2/c1-12(2)20-15-10-19(24-5)18(23-4)9-14(15)8-17(22-20)16-7-6-13(3)11-21-16/h6-7,9-12,17,20,22H,8H2,1-5H3/t17-,20-/m1/s1. The fourth-order valence-corrected chi connectivity index (χ4v) is 3.42. The zero-order chi connectivity index (χ0) is 17.3. The Hall–Kier alpha value is -2.07. The number of benzene rings is 1.